The molecule has 2 rings (SSSR count). The van der Waals surface area contributed by atoms with Gasteiger partial charge in [0.15, 0.2) is 0 Å². The first-order valence-corrected chi connectivity index (χ1v) is 5.85. The van der Waals surface area contributed by atoms with E-state index in [1.165, 1.54) is 12.8 Å². The van der Waals surface area contributed by atoms with E-state index < -0.39 is 0 Å². The van der Waals surface area contributed by atoms with E-state index in [4.69, 9.17) is 0 Å². The molecule has 1 fully saturated rings. The fourth-order valence-electron chi connectivity index (χ4n) is 1.74. The molecule has 1 heterocycles. The van der Waals surface area contributed by atoms with Crippen LogP contribution < -0.4 is 10.6 Å². The van der Waals surface area contributed by atoms with Gasteiger partial charge in [0.2, 0.25) is 5.91 Å². The molecule has 2 N–H and O–H groups in total. The van der Waals surface area contributed by atoms with Gasteiger partial charge in [-0.1, -0.05) is 0 Å². The Morgan fingerprint density at radius 3 is 3.06 bits per heavy atom. The van der Waals surface area contributed by atoms with E-state index in [0.29, 0.717) is 6.54 Å². The Morgan fingerprint density at radius 2 is 2.38 bits per heavy atom. The normalized spacial score (nSPS) is 15.1. The molecule has 88 valence electrons. The van der Waals surface area contributed by atoms with Crippen LogP contribution in [0.15, 0.2) is 18.3 Å². The predicted molar refractivity (Wildman–Crippen MR) is 62.9 cm³/mol. The maximum Gasteiger partial charge on any atom is 0.239 e. The van der Waals surface area contributed by atoms with Crippen molar-refractivity contribution in [3.05, 3.63) is 24.0 Å². The van der Waals surface area contributed by atoms with Crippen molar-refractivity contribution < 1.29 is 4.79 Å². The first-order chi connectivity index (χ1) is 7.79. The number of rotatable bonds is 6. The molecule has 1 aromatic rings. The van der Waals surface area contributed by atoms with Crippen molar-refractivity contribution in [2.75, 3.05) is 13.6 Å². The predicted octanol–water partition coefficient (Wildman–Crippen LogP) is 0.734. The highest BCUT2D eigenvalue weighted by Gasteiger charge is 2.21. The minimum Gasteiger partial charge on any atom is -0.354 e. The lowest BCUT2D eigenvalue weighted by Crippen LogP contribution is -2.29. The fourth-order valence-corrected chi connectivity index (χ4v) is 1.74. The van der Waals surface area contributed by atoms with E-state index >= 15 is 0 Å². The Morgan fingerprint density at radius 1 is 1.56 bits per heavy atom. The molecular weight excluding hydrogens is 202 g/mol. The number of nitrogens with one attached hydrogen (secondary N) is 2. The molecular formula is C12H19N3O. The van der Waals surface area contributed by atoms with Crippen LogP contribution in [0.1, 0.15) is 18.5 Å². The summed E-state index contributed by atoms with van der Waals surface area (Å²) in [4.78, 5) is 11.6. The maximum absolute atomic E-state index is 11.6. The van der Waals surface area contributed by atoms with Crippen molar-refractivity contribution in [3.63, 3.8) is 0 Å². The lowest BCUT2D eigenvalue weighted by atomic mass is 10.4. The SMILES string of the molecule is CNCc1cccn1CC(=O)NCC1CC1. The third-order valence-electron chi connectivity index (χ3n) is 2.88. The number of aromatic nitrogens is 1. The molecule has 0 atom stereocenters. The molecule has 16 heavy (non-hydrogen) atoms. The Hall–Kier alpha value is -1.29. The standard InChI is InChI=1S/C12H19N3O/c1-13-8-11-3-2-6-15(11)9-12(16)14-7-10-4-5-10/h2-3,6,10,13H,4-5,7-9H2,1H3,(H,14,16). The van der Waals surface area contributed by atoms with Crippen LogP contribution in [-0.2, 0) is 17.9 Å². The molecule has 1 aliphatic rings. The van der Waals surface area contributed by atoms with Crippen LogP contribution in [0, 0.1) is 5.92 Å². The Kier molecular flexibility index (Phi) is 3.62. The van der Waals surface area contributed by atoms with E-state index in [-0.39, 0.29) is 5.91 Å². The van der Waals surface area contributed by atoms with Crippen LogP contribution in [0.2, 0.25) is 0 Å². The molecule has 4 heteroatoms. The minimum atomic E-state index is 0.112. The Balaban J connectivity index is 1.81. The van der Waals surface area contributed by atoms with Gasteiger partial charge >= 0.3 is 0 Å². The lowest BCUT2D eigenvalue weighted by molar-refractivity contribution is -0.121. The van der Waals surface area contributed by atoms with Crippen LogP contribution in [0.25, 0.3) is 0 Å². The van der Waals surface area contributed by atoms with Gasteiger partial charge in [-0.05, 0) is 37.9 Å². The largest absolute Gasteiger partial charge is 0.354 e. The van der Waals surface area contributed by atoms with Crippen molar-refractivity contribution in [2.45, 2.75) is 25.9 Å². The number of carbonyl (C=O) groups is 1. The Bertz CT molecular complexity index is 355. The first-order valence-electron chi connectivity index (χ1n) is 5.85. The van der Waals surface area contributed by atoms with Gasteiger partial charge in [-0.2, -0.15) is 0 Å². The van der Waals surface area contributed by atoms with Crippen LogP contribution in [0.5, 0.6) is 0 Å². The number of hydrogen-bond donors (Lipinski definition) is 2. The van der Waals surface area contributed by atoms with Crippen LogP contribution >= 0.6 is 0 Å². The Labute approximate surface area is 96.0 Å². The molecule has 1 saturated carbocycles. The summed E-state index contributed by atoms with van der Waals surface area (Å²) in [7, 11) is 1.91. The van der Waals surface area contributed by atoms with Gasteiger partial charge in [-0.25, -0.2) is 0 Å². The molecule has 0 radical (unpaired) electrons. The monoisotopic (exact) mass is 221 g/mol. The second kappa shape index (κ2) is 5.16. The van der Waals surface area contributed by atoms with Gasteiger partial charge < -0.3 is 15.2 Å². The molecule has 0 bridgehead atoms. The van der Waals surface area contributed by atoms with Crippen molar-refractivity contribution in [2.24, 2.45) is 5.92 Å². The van der Waals surface area contributed by atoms with Crippen LogP contribution in [-0.4, -0.2) is 24.1 Å². The summed E-state index contributed by atoms with van der Waals surface area (Å²) < 4.78 is 1.98. The van der Waals surface area contributed by atoms with Gasteiger partial charge in [0.05, 0.1) is 0 Å². The van der Waals surface area contributed by atoms with Gasteiger partial charge in [0.1, 0.15) is 6.54 Å². The van der Waals surface area contributed by atoms with E-state index in [2.05, 4.69) is 10.6 Å². The van der Waals surface area contributed by atoms with E-state index in [0.717, 1.165) is 24.7 Å². The number of amides is 1. The van der Waals surface area contributed by atoms with Crippen molar-refractivity contribution in [1.29, 1.82) is 0 Å². The summed E-state index contributed by atoms with van der Waals surface area (Å²) in [5.74, 6) is 0.853. The average molecular weight is 221 g/mol. The number of nitrogens with zero attached hydrogens (tertiary/aromatic N) is 1. The fraction of sp³-hybridized carbons (Fsp3) is 0.583. The van der Waals surface area contributed by atoms with Gasteiger partial charge in [-0.3, -0.25) is 4.79 Å². The molecule has 0 aromatic carbocycles. The average Bonchev–Trinajstić information content (AvgIpc) is 3.00. The quantitative estimate of drug-likeness (QED) is 0.744. The summed E-state index contributed by atoms with van der Waals surface area (Å²) in [6.07, 6.45) is 4.49. The molecule has 0 spiro atoms. The lowest BCUT2D eigenvalue weighted by Gasteiger charge is -2.09. The molecule has 0 saturated heterocycles. The minimum absolute atomic E-state index is 0.112. The zero-order valence-electron chi connectivity index (χ0n) is 9.70. The number of carbonyl (C=O) groups excluding carboxylic acids is 1. The smallest absolute Gasteiger partial charge is 0.239 e. The van der Waals surface area contributed by atoms with Gasteiger partial charge in [-0.15, -0.1) is 0 Å². The van der Waals surface area contributed by atoms with E-state index in [1.54, 1.807) is 0 Å². The highest BCUT2D eigenvalue weighted by Crippen LogP contribution is 2.27. The molecule has 1 aromatic heterocycles. The summed E-state index contributed by atoms with van der Waals surface area (Å²) in [5.41, 5.74) is 1.14. The zero-order chi connectivity index (χ0) is 11.4. The van der Waals surface area contributed by atoms with Crippen molar-refractivity contribution >= 4 is 5.91 Å². The summed E-state index contributed by atoms with van der Waals surface area (Å²) in [6.45, 7) is 2.07. The summed E-state index contributed by atoms with van der Waals surface area (Å²) in [6, 6.07) is 4.01. The topological polar surface area (TPSA) is 46.1 Å². The summed E-state index contributed by atoms with van der Waals surface area (Å²) >= 11 is 0. The third kappa shape index (κ3) is 3.10. The molecule has 1 aliphatic carbocycles. The van der Waals surface area contributed by atoms with Gasteiger partial charge in [0, 0.05) is 25.0 Å². The van der Waals surface area contributed by atoms with Crippen molar-refractivity contribution in [3.8, 4) is 0 Å². The molecule has 0 aliphatic heterocycles. The van der Waals surface area contributed by atoms with Crippen LogP contribution in [0.4, 0.5) is 0 Å². The molecule has 1 amide bonds. The number of hydrogen-bond acceptors (Lipinski definition) is 2. The summed E-state index contributed by atoms with van der Waals surface area (Å²) in [5, 5.41) is 6.06. The highest BCUT2D eigenvalue weighted by atomic mass is 16.1. The zero-order valence-corrected chi connectivity index (χ0v) is 9.70. The molecule has 0 unspecified atom stereocenters. The highest BCUT2D eigenvalue weighted by molar-refractivity contribution is 5.75. The maximum atomic E-state index is 11.6. The van der Waals surface area contributed by atoms with Crippen LogP contribution in [0.3, 0.4) is 0 Å². The van der Waals surface area contributed by atoms with E-state index in [1.807, 2.05) is 29.9 Å². The second-order valence-corrected chi connectivity index (χ2v) is 4.41. The van der Waals surface area contributed by atoms with Crippen molar-refractivity contribution in [1.82, 2.24) is 15.2 Å². The first kappa shape index (κ1) is 11.2. The molecule has 4 nitrogen and oxygen atoms in total. The second-order valence-electron chi connectivity index (χ2n) is 4.41. The van der Waals surface area contributed by atoms with E-state index in [9.17, 15) is 4.79 Å². The van der Waals surface area contributed by atoms with Gasteiger partial charge in [0.25, 0.3) is 0 Å². The third-order valence-corrected chi connectivity index (χ3v) is 2.88.